The average molecular weight is 428 g/mol. The summed E-state index contributed by atoms with van der Waals surface area (Å²) in [5.74, 6) is -1.37. The van der Waals surface area contributed by atoms with Crippen molar-refractivity contribution < 1.29 is 27.5 Å². The first-order valence-corrected chi connectivity index (χ1v) is 8.74. The number of nitrogens with two attached hydrogens (primary N) is 1. The Kier molecular flexibility index (Phi) is 5.70. The molecular weight excluding hydrogens is 413 g/mol. The van der Waals surface area contributed by atoms with Gasteiger partial charge in [0.15, 0.2) is 5.69 Å². The number of alkyl halides is 3. The second-order valence-electron chi connectivity index (χ2n) is 6.36. The zero-order chi connectivity index (χ0) is 22.8. The summed E-state index contributed by atoms with van der Waals surface area (Å²) < 4.78 is 44.5. The van der Waals surface area contributed by atoms with Gasteiger partial charge in [0.1, 0.15) is 6.07 Å². The Balaban J connectivity index is 1.87. The van der Waals surface area contributed by atoms with Crippen LogP contribution >= 0.6 is 0 Å². The van der Waals surface area contributed by atoms with Crippen LogP contribution in [-0.4, -0.2) is 23.6 Å². The summed E-state index contributed by atoms with van der Waals surface area (Å²) in [5.41, 5.74) is 5.54. The number of nitrogens with one attached hydrogen (secondary N) is 1. The van der Waals surface area contributed by atoms with Crippen molar-refractivity contribution in [3.05, 3.63) is 77.1 Å². The van der Waals surface area contributed by atoms with E-state index < -0.39 is 23.6 Å². The fourth-order valence-corrected chi connectivity index (χ4v) is 2.87. The zero-order valence-electron chi connectivity index (χ0n) is 16.0. The molecule has 0 atom stereocenters. The summed E-state index contributed by atoms with van der Waals surface area (Å²) in [6.45, 7) is 0. The van der Waals surface area contributed by atoms with Crippen LogP contribution in [0.4, 0.5) is 24.5 Å². The van der Waals surface area contributed by atoms with E-state index in [0.717, 1.165) is 12.1 Å². The number of halogens is 3. The second-order valence-corrected chi connectivity index (χ2v) is 6.36. The Hall–Kier alpha value is -4.26. The van der Waals surface area contributed by atoms with Gasteiger partial charge in [-0.3, -0.25) is 4.79 Å². The molecule has 10 heteroatoms. The van der Waals surface area contributed by atoms with Crippen molar-refractivity contribution in [3.8, 4) is 11.8 Å². The molecule has 0 saturated carbocycles. The van der Waals surface area contributed by atoms with E-state index in [0.29, 0.717) is 5.69 Å². The van der Waals surface area contributed by atoms with Gasteiger partial charge in [0.2, 0.25) is 0 Å². The van der Waals surface area contributed by atoms with E-state index in [1.54, 1.807) is 0 Å². The zero-order valence-corrected chi connectivity index (χ0v) is 16.0. The van der Waals surface area contributed by atoms with Crippen molar-refractivity contribution in [3.63, 3.8) is 0 Å². The molecule has 0 aliphatic rings. The Bertz CT molecular complexity index is 1190. The first-order valence-electron chi connectivity index (χ1n) is 8.74. The van der Waals surface area contributed by atoms with Gasteiger partial charge in [-0.05, 0) is 42.5 Å². The molecule has 0 radical (unpaired) electrons. The topological polar surface area (TPSA) is 110 Å². The van der Waals surface area contributed by atoms with E-state index >= 15 is 0 Å². The Morgan fingerprint density at radius 1 is 1.16 bits per heavy atom. The lowest BCUT2D eigenvalue weighted by Gasteiger charge is -2.11. The second kappa shape index (κ2) is 8.23. The largest absolute Gasteiger partial charge is 0.464 e. The van der Waals surface area contributed by atoms with Gasteiger partial charge in [0.05, 0.1) is 23.9 Å². The SMILES string of the molecule is COC(=O)c1c(N)c(C#N)cn1-c1ccc(C(=O)Nc2cccc(C(F)(F)F)c2)cc1. The van der Waals surface area contributed by atoms with Gasteiger partial charge in [-0.25, -0.2) is 4.79 Å². The Morgan fingerprint density at radius 2 is 1.84 bits per heavy atom. The fourth-order valence-electron chi connectivity index (χ4n) is 2.87. The van der Waals surface area contributed by atoms with E-state index in [4.69, 9.17) is 15.7 Å². The predicted molar refractivity (Wildman–Crippen MR) is 106 cm³/mol. The van der Waals surface area contributed by atoms with Gasteiger partial charge in [-0.15, -0.1) is 0 Å². The standard InChI is InChI=1S/C21H15F3N4O3/c1-31-20(30)18-17(26)13(10-25)11-28(18)16-7-5-12(6-8-16)19(29)27-15-4-2-3-14(9-15)21(22,23)24/h2-9,11H,26H2,1H3,(H,27,29). The monoisotopic (exact) mass is 428 g/mol. The van der Waals surface area contributed by atoms with Crippen molar-refractivity contribution >= 4 is 23.3 Å². The molecule has 7 nitrogen and oxygen atoms in total. The third-order valence-corrected chi connectivity index (χ3v) is 4.40. The van der Waals surface area contributed by atoms with Gasteiger partial charge < -0.3 is 20.4 Å². The molecule has 1 heterocycles. The molecular formula is C21H15F3N4O3. The number of carbonyl (C=O) groups is 2. The molecule has 0 saturated heterocycles. The number of amides is 1. The van der Waals surface area contributed by atoms with Crippen LogP contribution in [0.15, 0.2) is 54.7 Å². The highest BCUT2D eigenvalue weighted by Crippen LogP contribution is 2.31. The van der Waals surface area contributed by atoms with Crippen LogP contribution in [-0.2, 0) is 10.9 Å². The number of hydrogen-bond acceptors (Lipinski definition) is 5. The number of carbonyl (C=O) groups excluding carboxylic acids is 2. The highest BCUT2D eigenvalue weighted by atomic mass is 19.4. The van der Waals surface area contributed by atoms with Crippen molar-refractivity contribution in [2.75, 3.05) is 18.2 Å². The first-order chi connectivity index (χ1) is 14.7. The van der Waals surface area contributed by atoms with Crippen molar-refractivity contribution in [2.45, 2.75) is 6.18 Å². The number of methoxy groups -OCH3 is 1. The number of esters is 1. The molecule has 3 aromatic rings. The average Bonchev–Trinajstić information content (AvgIpc) is 3.09. The van der Waals surface area contributed by atoms with Crippen LogP contribution < -0.4 is 11.1 Å². The number of anilines is 2. The molecule has 0 bridgehead atoms. The quantitative estimate of drug-likeness (QED) is 0.611. The third-order valence-electron chi connectivity index (χ3n) is 4.40. The third kappa shape index (κ3) is 4.35. The molecule has 3 N–H and O–H groups in total. The molecule has 1 aromatic heterocycles. The van der Waals surface area contributed by atoms with Crippen LogP contribution in [0.5, 0.6) is 0 Å². The molecule has 31 heavy (non-hydrogen) atoms. The van der Waals surface area contributed by atoms with Crippen LogP contribution in [0.2, 0.25) is 0 Å². The summed E-state index contributed by atoms with van der Waals surface area (Å²) in [6, 6.07) is 12.0. The smallest absolute Gasteiger partial charge is 0.416 e. The minimum Gasteiger partial charge on any atom is -0.464 e. The minimum atomic E-state index is -4.53. The van der Waals surface area contributed by atoms with E-state index in [1.807, 2.05) is 6.07 Å². The summed E-state index contributed by atoms with van der Waals surface area (Å²) >= 11 is 0. The number of aromatic nitrogens is 1. The van der Waals surface area contributed by atoms with E-state index in [9.17, 15) is 22.8 Å². The molecule has 0 aliphatic carbocycles. The number of hydrogen-bond donors (Lipinski definition) is 2. The number of benzene rings is 2. The van der Waals surface area contributed by atoms with Crippen LogP contribution in [0.25, 0.3) is 5.69 Å². The van der Waals surface area contributed by atoms with Gasteiger partial charge in [-0.2, -0.15) is 18.4 Å². The lowest BCUT2D eigenvalue weighted by molar-refractivity contribution is -0.137. The van der Waals surface area contributed by atoms with E-state index in [2.05, 4.69) is 5.32 Å². The molecule has 0 unspecified atom stereocenters. The fraction of sp³-hybridized carbons (Fsp3) is 0.0952. The van der Waals surface area contributed by atoms with E-state index in [-0.39, 0.29) is 28.2 Å². The predicted octanol–water partition coefficient (Wildman–Crippen LogP) is 3.99. The van der Waals surface area contributed by atoms with Crippen molar-refractivity contribution in [1.82, 2.24) is 4.57 Å². The Labute approximate surface area is 174 Å². The molecule has 3 rings (SSSR count). The van der Waals surface area contributed by atoms with Crippen LogP contribution in [0.1, 0.15) is 32.0 Å². The van der Waals surface area contributed by atoms with Gasteiger partial charge in [0.25, 0.3) is 5.91 Å². The van der Waals surface area contributed by atoms with Crippen LogP contribution in [0, 0.1) is 11.3 Å². The Morgan fingerprint density at radius 3 is 2.42 bits per heavy atom. The normalized spacial score (nSPS) is 10.9. The molecule has 0 spiro atoms. The minimum absolute atomic E-state index is 0.00581. The number of ether oxygens (including phenoxy) is 1. The van der Waals surface area contributed by atoms with Crippen molar-refractivity contribution in [2.24, 2.45) is 0 Å². The van der Waals surface area contributed by atoms with Gasteiger partial charge >= 0.3 is 12.1 Å². The maximum atomic E-state index is 12.8. The molecule has 0 fully saturated rings. The van der Waals surface area contributed by atoms with Crippen molar-refractivity contribution in [1.29, 1.82) is 5.26 Å². The number of nitriles is 1. The maximum absolute atomic E-state index is 12.8. The number of nitrogens with zero attached hydrogens (tertiary/aromatic N) is 2. The maximum Gasteiger partial charge on any atom is 0.416 e. The molecule has 2 aromatic carbocycles. The summed E-state index contributed by atoms with van der Waals surface area (Å²) in [7, 11) is 1.17. The highest BCUT2D eigenvalue weighted by Gasteiger charge is 2.30. The van der Waals surface area contributed by atoms with E-state index in [1.165, 1.54) is 54.3 Å². The lowest BCUT2D eigenvalue weighted by atomic mass is 10.1. The number of rotatable bonds is 4. The van der Waals surface area contributed by atoms with Crippen LogP contribution in [0.3, 0.4) is 0 Å². The first kappa shape index (κ1) is 21.4. The lowest BCUT2D eigenvalue weighted by Crippen LogP contribution is -2.14. The summed E-state index contributed by atoms with van der Waals surface area (Å²) in [4.78, 5) is 24.5. The summed E-state index contributed by atoms with van der Waals surface area (Å²) in [6.07, 6.45) is -3.17. The van der Waals surface area contributed by atoms with Gasteiger partial charge in [-0.1, -0.05) is 6.07 Å². The molecule has 158 valence electrons. The number of nitrogen functional groups attached to an aromatic ring is 1. The molecule has 0 aliphatic heterocycles. The highest BCUT2D eigenvalue weighted by molar-refractivity contribution is 6.04. The van der Waals surface area contributed by atoms with Gasteiger partial charge in [0, 0.05) is 23.1 Å². The molecule has 1 amide bonds. The summed E-state index contributed by atoms with van der Waals surface area (Å²) in [5, 5.41) is 11.6.